The first-order valence-electron chi connectivity index (χ1n) is 11.5. The minimum atomic E-state index is -1.07. The molecule has 3 N–H and O–H groups in total. The molecule has 0 bridgehead atoms. The Hall–Kier alpha value is -3.72. The van der Waals surface area contributed by atoms with E-state index in [9.17, 15) is 19.5 Å². The van der Waals surface area contributed by atoms with E-state index in [1.54, 1.807) is 12.3 Å². The second-order valence-corrected chi connectivity index (χ2v) is 9.40. The molecule has 9 heteroatoms. The smallest absolute Gasteiger partial charge is 0.413 e. The van der Waals surface area contributed by atoms with E-state index in [0.29, 0.717) is 17.2 Å². The summed E-state index contributed by atoms with van der Waals surface area (Å²) in [5.41, 5.74) is 4.99. The molecule has 182 valence electrons. The van der Waals surface area contributed by atoms with Crippen molar-refractivity contribution in [2.75, 3.05) is 11.9 Å². The topological polar surface area (TPSA) is 118 Å². The van der Waals surface area contributed by atoms with Gasteiger partial charge in [-0.3, -0.25) is 10.1 Å². The molecule has 1 aliphatic carbocycles. The van der Waals surface area contributed by atoms with Crippen molar-refractivity contribution >= 4 is 34.4 Å². The summed E-state index contributed by atoms with van der Waals surface area (Å²) in [6.45, 7) is 3.83. The van der Waals surface area contributed by atoms with Gasteiger partial charge in [-0.05, 0) is 28.2 Å². The second-order valence-electron chi connectivity index (χ2n) is 8.54. The maximum absolute atomic E-state index is 12.4. The lowest BCUT2D eigenvalue weighted by molar-refractivity contribution is -0.143. The van der Waals surface area contributed by atoms with Crippen LogP contribution in [0.3, 0.4) is 0 Å². The van der Waals surface area contributed by atoms with E-state index in [-0.39, 0.29) is 24.9 Å². The van der Waals surface area contributed by atoms with Crippen LogP contribution < -0.4 is 10.6 Å². The number of amides is 2. The molecular formula is C26H27N3O5S. The molecule has 2 aromatic carbocycles. The summed E-state index contributed by atoms with van der Waals surface area (Å²) < 4.78 is 5.52. The number of rotatable bonds is 9. The van der Waals surface area contributed by atoms with Crippen LogP contribution >= 0.6 is 11.3 Å². The van der Waals surface area contributed by atoms with Gasteiger partial charge < -0.3 is 15.2 Å². The molecule has 0 saturated carbocycles. The van der Waals surface area contributed by atoms with Crippen molar-refractivity contribution in [3.8, 4) is 11.1 Å². The van der Waals surface area contributed by atoms with Crippen molar-refractivity contribution in [2.45, 2.75) is 38.6 Å². The zero-order valence-corrected chi connectivity index (χ0v) is 20.3. The van der Waals surface area contributed by atoms with Gasteiger partial charge in [-0.15, -0.1) is 11.3 Å². The number of thiazole rings is 1. The average Bonchev–Trinajstić information content (AvgIpc) is 3.42. The first-order valence-corrected chi connectivity index (χ1v) is 12.3. The van der Waals surface area contributed by atoms with Crippen LogP contribution in [0.4, 0.5) is 9.93 Å². The molecule has 3 aromatic rings. The van der Waals surface area contributed by atoms with E-state index in [1.165, 1.54) is 11.3 Å². The summed E-state index contributed by atoms with van der Waals surface area (Å²) in [6.07, 6.45) is -0.0782. The van der Waals surface area contributed by atoms with Crippen LogP contribution in [-0.2, 0) is 20.7 Å². The number of fused-ring (bicyclic) bond motifs is 3. The Balaban J connectivity index is 1.32. The zero-order valence-electron chi connectivity index (χ0n) is 19.5. The maximum atomic E-state index is 12.4. The number of aliphatic carboxylic acids is 1. The van der Waals surface area contributed by atoms with Gasteiger partial charge in [0.05, 0.1) is 12.1 Å². The molecule has 0 aliphatic heterocycles. The predicted molar refractivity (Wildman–Crippen MR) is 134 cm³/mol. The van der Waals surface area contributed by atoms with Crippen LogP contribution in [-0.4, -0.2) is 40.7 Å². The Morgan fingerprint density at radius 1 is 1.09 bits per heavy atom. The largest absolute Gasteiger partial charge is 0.480 e. The van der Waals surface area contributed by atoms with Crippen LogP contribution in [0.5, 0.6) is 0 Å². The number of benzene rings is 2. The van der Waals surface area contributed by atoms with Crippen molar-refractivity contribution in [3.05, 3.63) is 70.7 Å². The third-order valence-corrected chi connectivity index (χ3v) is 7.05. The number of anilines is 1. The molecule has 2 amide bonds. The summed E-state index contributed by atoms with van der Waals surface area (Å²) >= 11 is 1.17. The second kappa shape index (κ2) is 10.7. The van der Waals surface area contributed by atoms with E-state index in [2.05, 4.69) is 39.9 Å². The highest BCUT2D eigenvalue weighted by Crippen LogP contribution is 2.44. The monoisotopic (exact) mass is 493 g/mol. The summed E-state index contributed by atoms with van der Waals surface area (Å²) in [5.74, 6) is -1.74. The Morgan fingerprint density at radius 3 is 2.31 bits per heavy atom. The van der Waals surface area contributed by atoms with Gasteiger partial charge >= 0.3 is 12.1 Å². The molecular weight excluding hydrogens is 466 g/mol. The highest BCUT2D eigenvalue weighted by atomic mass is 32.1. The standard InChI is InChI=1S/C26H27N3O5S/c1-3-15(2)23(24(31)32)28-22(30)12-16-14-35-25(27-16)29-26(33)34-13-21-19-10-6-4-8-17(19)18-9-5-7-11-20(18)21/h4-11,14-15,21,23H,3,12-13H2,1-2H3,(H,28,30)(H,31,32)(H,27,29,33). The Kier molecular flexibility index (Phi) is 7.45. The maximum Gasteiger partial charge on any atom is 0.413 e. The number of carbonyl (C=O) groups is 3. The van der Waals surface area contributed by atoms with Crippen LogP contribution in [0.15, 0.2) is 53.9 Å². The number of carboxylic acid groups (broad SMARTS) is 1. The highest BCUT2D eigenvalue weighted by molar-refractivity contribution is 7.13. The third-order valence-electron chi connectivity index (χ3n) is 6.24. The fraction of sp³-hybridized carbons (Fsp3) is 0.308. The summed E-state index contributed by atoms with van der Waals surface area (Å²) in [6, 6.07) is 15.2. The fourth-order valence-electron chi connectivity index (χ4n) is 4.24. The van der Waals surface area contributed by atoms with Gasteiger partial charge in [0.2, 0.25) is 5.91 Å². The number of carboxylic acids is 1. The van der Waals surface area contributed by atoms with Crippen molar-refractivity contribution < 1.29 is 24.2 Å². The molecule has 1 aliphatic rings. The van der Waals surface area contributed by atoms with Gasteiger partial charge in [0.25, 0.3) is 0 Å². The highest BCUT2D eigenvalue weighted by Gasteiger charge is 2.29. The Bertz CT molecular complexity index is 1200. The van der Waals surface area contributed by atoms with Crippen LogP contribution in [0.25, 0.3) is 11.1 Å². The molecule has 1 heterocycles. The normalized spacial score (nSPS) is 13.9. The number of hydrogen-bond acceptors (Lipinski definition) is 6. The van der Waals surface area contributed by atoms with Crippen LogP contribution in [0.2, 0.25) is 0 Å². The molecule has 35 heavy (non-hydrogen) atoms. The number of nitrogens with one attached hydrogen (secondary N) is 2. The third kappa shape index (κ3) is 5.51. The number of ether oxygens (including phenoxy) is 1. The molecule has 2 unspecified atom stereocenters. The summed E-state index contributed by atoms with van der Waals surface area (Å²) in [4.78, 5) is 40.4. The van der Waals surface area contributed by atoms with Crippen molar-refractivity contribution in [1.82, 2.24) is 10.3 Å². The van der Waals surface area contributed by atoms with Gasteiger partial charge in [0.15, 0.2) is 5.13 Å². The van der Waals surface area contributed by atoms with Crippen molar-refractivity contribution in [3.63, 3.8) is 0 Å². The zero-order chi connectivity index (χ0) is 24.9. The molecule has 1 aromatic heterocycles. The van der Waals surface area contributed by atoms with Crippen LogP contribution in [0, 0.1) is 5.92 Å². The lowest BCUT2D eigenvalue weighted by atomic mass is 9.98. The van der Waals surface area contributed by atoms with Crippen molar-refractivity contribution in [1.29, 1.82) is 0 Å². The van der Waals surface area contributed by atoms with E-state index in [0.717, 1.165) is 22.3 Å². The predicted octanol–water partition coefficient (Wildman–Crippen LogP) is 4.66. The van der Waals surface area contributed by atoms with Crippen LogP contribution in [0.1, 0.15) is 43.0 Å². The Morgan fingerprint density at radius 2 is 1.71 bits per heavy atom. The average molecular weight is 494 g/mol. The van der Waals surface area contributed by atoms with Gasteiger partial charge in [-0.25, -0.2) is 14.6 Å². The summed E-state index contributed by atoms with van der Waals surface area (Å²) in [7, 11) is 0. The molecule has 4 rings (SSSR count). The molecule has 0 fully saturated rings. The molecule has 8 nitrogen and oxygen atoms in total. The lowest BCUT2D eigenvalue weighted by Gasteiger charge is -2.19. The quantitative estimate of drug-likeness (QED) is 0.399. The molecule has 0 radical (unpaired) electrons. The van der Waals surface area contributed by atoms with E-state index >= 15 is 0 Å². The SMILES string of the molecule is CCC(C)C(NC(=O)Cc1csc(NC(=O)OCC2c3ccccc3-c3ccccc32)n1)C(=O)O. The molecule has 0 saturated heterocycles. The van der Waals surface area contributed by atoms with E-state index in [1.807, 2.05) is 31.2 Å². The number of hydrogen-bond donors (Lipinski definition) is 3. The van der Waals surface area contributed by atoms with Crippen molar-refractivity contribution in [2.24, 2.45) is 5.92 Å². The fourth-order valence-corrected chi connectivity index (χ4v) is 4.94. The Labute approximate surface area is 207 Å². The number of nitrogens with zero attached hydrogens (tertiary/aromatic N) is 1. The minimum Gasteiger partial charge on any atom is -0.480 e. The first kappa shape index (κ1) is 24.4. The van der Waals surface area contributed by atoms with E-state index < -0.39 is 24.0 Å². The van der Waals surface area contributed by atoms with Gasteiger partial charge in [-0.1, -0.05) is 68.8 Å². The summed E-state index contributed by atoms with van der Waals surface area (Å²) in [5, 5.41) is 16.5. The molecule has 0 spiro atoms. The van der Waals surface area contributed by atoms with Gasteiger partial charge in [0, 0.05) is 11.3 Å². The van der Waals surface area contributed by atoms with E-state index in [4.69, 9.17) is 4.74 Å². The lowest BCUT2D eigenvalue weighted by Crippen LogP contribution is -2.45. The number of carbonyl (C=O) groups excluding carboxylic acids is 2. The van der Waals surface area contributed by atoms with Gasteiger partial charge in [-0.2, -0.15) is 0 Å². The molecule has 2 atom stereocenters. The first-order chi connectivity index (χ1) is 16.9. The number of aromatic nitrogens is 1. The van der Waals surface area contributed by atoms with Gasteiger partial charge in [0.1, 0.15) is 12.6 Å². The minimum absolute atomic E-state index is 0.0450.